The summed E-state index contributed by atoms with van der Waals surface area (Å²) >= 11 is 0. The fourth-order valence-corrected chi connectivity index (χ4v) is 2.60. The van der Waals surface area contributed by atoms with Crippen LogP contribution in [-0.2, 0) is 9.59 Å². The van der Waals surface area contributed by atoms with Crippen LogP contribution in [-0.4, -0.2) is 24.4 Å². The molecule has 0 aromatic heterocycles. The number of rotatable bonds is 4. The Balaban J connectivity index is 1.56. The van der Waals surface area contributed by atoms with Crippen LogP contribution in [0.15, 0.2) is 0 Å². The quantitative estimate of drug-likeness (QED) is 0.724. The number of nitrogens with one attached hydrogen (secondary N) is 2. The Labute approximate surface area is 95.2 Å². The SMILES string of the molecule is O=C1CC(C(=O)NC(C2CC2)C2CC2)CN1. The standard InChI is InChI=1S/C12H18N2O2/c15-10-5-9(6-13-10)12(16)14-11(7-1-2-7)8-3-4-8/h7-9,11H,1-6H2,(H,13,15)(H,14,16). The van der Waals surface area contributed by atoms with Crippen LogP contribution in [0.4, 0.5) is 0 Å². The van der Waals surface area contributed by atoms with Crippen LogP contribution in [0.5, 0.6) is 0 Å². The predicted molar refractivity (Wildman–Crippen MR) is 58.5 cm³/mol. The minimum Gasteiger partial charge on any atom is -0.355 e. The number of hydrogen-bond acceptors (Lipinski definition) is 2. The molecule has 2 aliphatic carbocycles. The van der Waals surface area contributed by atoms with Crippen LogP contribution in [0.25, 0.3) is 0 Å². The third kappa shape index (κ3) is 2.06. The van der Waals surface area contributed by atoms with Crippen molar-refractivity contribution in [3.05, 3.63) is 0 Å². The number of amides is 2. The van der Waals surface area contributed by atoms with E-state index in [0.717, 1.165) is 11.8 Å². The van der Waals surface area contributed by atoms with Crippen molar-refractivity contribution in [1.82, 2.24) is 10.6 Å². The third-order valence-corrected chi connectivity index (χ3v) is 3.92. The molecule has 3 aliphatic rings. The van der Waals surface area contributed by atoms with Crippen molar-refractivity contribution in [2.75, 3.05) is 6.54 Å². The monoisotopic (exact) mass is 222 g/mol. The summed E-state index contributed by atoms with van der Waals surface area (Å²) in [6.07, 6.45) is 5.44. The maximum Gasteiger partial charge on any atom is 0.225 e. The van der Waals surface area contributed by atoms with E-state index in [9.17, 15) is 9.59 Å². The van der Waals surface area contributed by atoms with E-state index in [1.165, 1.54) is 25.7 Å². The number of carbonyl (C=O) groups is 2. The molecule has 2 N–H and O–H groups in total. The molecule has 4 heteroatoms. The minimum absolute atomic E-state index is 0.00884. The fourth-order valence-electron chi connectivity index (χ4n) is 2.60. The molecule has 3 fully saturated rings. The highest BCUT2D eigenvalue weighted by Crippen LogP contribution is 2.44. The molecular formula is C12H18N2O2. The van der Waals surface area contributed by atoms with Gasteiger partial charge in [-0.1, -0.05) is 0 Å². The van der Waals surface area contributed by atoms with E-state index in [0.29, 0.717) is 19.0 Å². The Kier molecular flexibility index (Phi) is 2.37. The van der Waals surface area contributed by atoms with Gasteiger partial charge < -0.3 is 10.6 Å². The molecule has 1 aliphatic heterocycles. The molecule has 88 valence electrons. The van der Waals surface area contributed by atoms with Crippen molar-refractivity contribution in [3.8, 4) is 0 Å². The topological polar surface area (TPSA) is 58.2 Å². The zero-order valence-electron chi connectivity index (χ0n) is 9.37. The molecule has 2 saturated carbocycles. The lowest BCUT2D eigenvalue weighted by Gasteiger charge is -2.19. The first-order valence-electron chi connectivity index (χ1n) is 6.31. The van der Waals surface area contributed by atoms with Crippen molar-refractivity contribution in [2.24, 2.45) is 17.8 Å². The second-order valence-electron chi connectivity index (χ2n) is 5.41. The van der Waals surface area contributed by atoms with E-state index < -0.39 is 0 Å². The Morgan fingerprint density at radius 2 is 1.88 bits per heavy atom. The highest BCUT2D eigenvalue weighted by molar-refractivity contribution is 5.89. The van der Waals surface area contributed by atoms with Crippen molar-refractivity contribution in [2.45, 2.75) is 38.1 Å². The van der Waals surface area contributed by atoms with E-state index in [4.69, 9.17) is 0 Å². The van der Waals surface area contributed by atoms with E-state index in [1.807, 2.05) is 0 Å². The number of hydrogen-bond donors (Lipinski definition) is 2. The van der Waals surface area contributed by atoms with Gasteiger partial charge in [-0.05, 0) is 37.5 Å². The van der Waals surface area contributed by atoms with Crippen molar-refractivity contribution in [1.29, 1.82) is 0 Å². The molecule has 4 nitrogen and oxygen atoms in total. The van der Waals surface area contributed by atoms with Gasteiger partial charge in [-0.2, -0.15) is 0 Å². The van der Waals surface area contributed by atoms with Crippen LogP contribution < -0.4 is 10.6 Å². The maximum atomic E-state index is 12.0. The zero-order chi connectivity index (χ0) is 11.1. The van der Waals surface area contributed by atoms with E-state index in [1.54, 1.807) is 0 Å². The molecule has 3 rings (SSSR count). The molecule has 1 unspecified atom stereocenters. The second-order valence-corrected chi connectivity index (χ2v) is 5.41. The van der Waals surface area contributed by atoms with E-state index >= 15 is 0 Å². The third-order valence-electron chi connectivity index (χ3n) is 3.92. The minimum atomic E-state index is -0.132. The average Bonchev–Trinajstić information content (AvgIpc) is 3.14. The van der Waals surface area contributed by atoms with Gasteiger partial charge in [-0.25, -0.2) is 0 Å². The molecule has 2 amide bonds. The zero-order valence-corrected chi connectivity index (χ0v) is 9.37. The fraction of sp³-hybridized carbons (Fsp3) is 0.833. The lowest BCUT2D eigenvalue weighted by molar-refractivity contribution is -0.127. The number of carbonyl (C=O) groups excluding carboxylic acids is 2. The highest BCUT2D eigenvalue weighted by atomic mass is 16.2. The predicted octanol–water partition coefficient (Wildman–Crippen LogP) is 0.427. The molecule has 0 radical (unpaired) electrons. The summed E-state index contributed by atoms with van der Waals surface area (Å²) < 4.78 is 0. The summed E-state index contributed by atoms with van der Waals surface area (Å²) in [6, 6.07) is 0.406. The van der Waals surface area contributed by atoms with Crippen LogP contribution in [0.3, 0.4) is 0 Å². The smallest absolute Gasteiger partial charge is 0.225 e. The Hall–Kier alpha value is -1.06. The van der Waals surface area contributed by atoms with Gasteiger partial charge in [0.15, 0.2) is 0 Å². The Bertz CT molecular complexity index is 309. The second kappa shape index (κ2) is 3.75. The Morgan fingerprint density at radius 1 is 1.25 bits per heavy atom. The first kappa shape index (κ1) is 10.1. The molecule has 0 aromatic carbocycles. The van der Waals surface area contributed by atoms with Gasteiger partial charge in [0.1, 0.15) is 0 Å². The summed E-state index contributed by atoms with van der Waals surface area (Å²) in [5.41, 5.74) is 0. The van der Waals surface area contributed by atoms with Gasteiger partial charge in [-0.3, -0.25) is 9.59 Å². The summed E-state index contributed by atoms with van der Waals surface area (Å²) in [7, 11) is 0. The normalized spacial score (nSPS) is 29.3. The summed E-state index contributed by atoms with van der Waals surface area (Å²) in [5.74, 6) is 1.41. The molecule has 1 saturated heterocycles. The average molecular weight is 222 g/mol. The van der Waals surface area contributed by atoms with Gasteiger partial charge in [0.2, 0.25) is 11.8 Å². The van der Waals surface area contributed by atoms with Crippen molar-refractivity contribution in [3.63, 3.8) is 0 Å². The molecule has 0 aromatic rings. The van der Waals surface area contributed by atoms with Gasteiger partial charge in [0.25, 0.3) is 0 Å². The molecule has 1 heterocycles. The maximum absolute atomic E-state index is 12.0. The Morgan fingerprint density at radius 3 is 2.31 bits per heavy atom. The summed E-state index contributed by atoms with van der Waals surface area (Å²) in [5, 5.41) is 5.89. The van der Waals surface area contributed by atoms with Crippen molar-refractivity contribution < 1.29 is 9.59 Å². The molecule has 16 heavy (non-hydrogen) atoms. The first-order valence-corrected chi connectivity index (χ1v) is 6.31. The molecule has 0 bridgehead atoms. The van der Waals surface area contributed by atoms with Gasteiger partial charge >= 0.3 is 0 Å². The lowest BCUT2D eigenvalue weighted by Crippen LogP contribution is -2.42. The molecular weight excluding hydrogens is 204 g/mol. The van der Waals surface area contributed by atoms with Crippen molar-refractivity contribution >= 4 is 11.8 Å². The van der Waals surface area contributed by atoms with Gasteiger partial charge in [0, 0.05) is 19.0 Å². The van der Waals surface area contributed by atoms with Crippen LogP contribution in [0.1, 0.15) is 32.1 Å². The molecule has 0 spiro atoms. The highest BCUT2D eigenvalue weighted by Gasteiger charge is 2.43. The van der Waals surface area contributed by atoms with E-state index in [2.05, 4.69) is 10.6 Å². The lowest BCUT2D eigenvalue weighted by atomic mass is 10.0. The molecule has 1 atom stereocenters. The summed E-state index contributed by atoms with van der Waals surface area (Å²) in [6.45, 7) is 0.521. The van der Waals surface area contributed by atoms with Crippen LogP contribution >= 0.6 is 0 Å². The van der Waals surface area contributed by atoms with Gasteiger partial charge in [0.05, 0.1) is 5.92 Å². The largest absolute Gasteiger partial charge is 0.355 e. The van der Waals surface area contributed by atoms with Crippen LogP contribution in [0.2, 0.25) is 0 Å². The summed E-state index contributed by atoms with van der Waals surface area (Å²) in [4.78, 5) is 23.0. The van der Waals surface area contributed by atoms with E-state index in [-0.39, 0.29) is 17.7 Å². The van der Waals surface area contributed by atoms with Gasteiger partial charge in [-0.15, -0.1) is 0 Å². The van der Waals surface area contributed by atoms with Crippen LogP contribution in [0, 0.1) is 17.8 Å². The first-order chi connectivity index (χ1) is 7.74.